The van der Waals surface area contributed by atoms with Gasteiger partial charge in [-0.2, -0.15) is 0 Å². The van der Waals surface area contributed by atoms with E-state index in [1.165, 1.54) is 29.2 Å². The van der Waals surface area contributed by atoms with Crippen molar-refractivity contribution >= 4 is 23.1 Å². The highest BCUT2D eigenvalue weighted by Crippen LogP contribution is 2.32. The van der Waals surface area contributed by atoms with Gasteiger partial charge in [-0.05, 0) is 59.7 Å². The van der Waals surface area contributed by atoms with Crippen LogP contribution in [0.5, 0.6) is 11.5 Å². The maximum absolute atomic E-state index is 13.3. The summed E-state index contributed by atoms with van der Waals surface area (Å²) in [6, 6.07) is 19.6. The second-order valence-corrected chi connectivity index (χ2v) is 7.15. The van der Waals surface area contributed by atoms with Crippen LogP contribution in [0.3, 0.4) is 0 Å². The Kier molecular flexibility index (Phi) is 5.89. The lowest BCUT2D eigenvalue weighted by Gasteiger charge is -2.16. The molecule has 6 nitrogen and oxygen atoms in total. The molecular formula is C25H21FN2O4. The second kappa shape index (κ2) is 8.93. The Morgan fingerprint density at radius 3 is 1.91 bits per heavy atom. The van der Waals surface area contributed by atoms with Crippen LogP contribution in [-0.4, -0.2) is 30.9 Å². The van der Waals surface area contributed by atoms with E-state index in [-0.39, 0.29) is 17.8 Å². The van der Waals surface area contributed by atoms with Crippen LogP contribution < -0.4 is 14.8 Å². The highest BCUT2D eigenvalue weighted by atomic mass is 19.1. The van der Waals surface area contributed by atoms with Crippen LogP contribution in [0.2, 0.25) is 0 Å². The fourth-order valence-corrected chi connectivity index (χ4v) is 3.45. The number of imide groups is 1. The van der Waals surface area contributed by atoms with Gasteiger partial charge in [-0.1, -0.05) is 24.3 Å². The highest BCUT2D eigenvalue weighted by molar-refractivity contribution is 6.36. The van der Waals surface area contributed by atoms with Crippen molar-refractivity contribution in [1.82, 2.24) is 4.90 Å². The van der Waals surface area contributed by atoms with Gasteiger partial charge in [0.1, 0.15) is 23.0 Å². The Labute approximate surface area is 184 Å². The fraction of sp³-hybridized carbons (Fsp3) is 0.120. The van der Waals surface area contributed by atoms with E-state index in [2.05, 4.69) is 5.32 Å². The summed E-state index contributed by atoms with van der Waals surface area (Å²) in [5.41, 5.74) is 2.24. The first kappa shape index (κ1) is 21.1. The Bertz CT molecular complexity index is 1170. The summed E-state index contributed by atoms with van der Waals surface area (Å²) in [5.74, 6) is 0.0502. The maximum Gasteiger partial charge on any atom is 0.278 e. The van der Waals surface area contributed by atoms with E-state index in [4.69, 9.17) is 9.47 Å². The normalized spacial score (nSPS) is 13.5. The summed E-state index contributed by atoms with van der Waals surface area (Å²) in [6.07, 6.45) is 0. The lowest BCUT2D eigenvalue weighted by molar-refractivity contribution is -0.137. The van der Waals surface area contributed by atoms with E-state index in [0.29, 0.717) is 22.7 Å². The maximum atomic E-state index is 13.3. The van der Waals surface area contributed by atoms with Gasteiger partial charge < -0.3 is 14.8 Å². The molecule has 32 heavy (non-hydrogen) atoms. The highest BCUT2D eigenvalue weighted by Gasteiger charge is 2.39. The van der Waals surface area contributed by atoms with Gasteiger partial charge in [-0.15, -0.1) is 0 Å². The van der Waals surface area contributed by atoms with Crippen LogP contribution in [-0.2, 0) is 16.1 Å². The zero-order chi connectivity index (χ0) is 22.7. The summed E-state index contributed by atoms with van der Waals surface area (Å²) < 4.78 is 23.7. The van der Waals surface area contributed by atoms with E-state index in [1.807, 2.05) is 0 Å². The third kappa shape index (κ3) is 4.18. The third-order valence-electron chi connectivity index (χ3n) is 5.16. The number of nitrogens with zero attached hydrogens (tertiary/aromatic N) is 1. The van der Waals surface area contributed by atoms with Crippen LogP contribution in [0.4, 0.5) is 10.1 Å². The summed E-state index contributed by atoms with van der Waals surface area (Å²) in [4.78, 5) is 27.8. The molecule has 0 atom stereocenters. The number of halogens is 1. The van der Waals surface area contributed by atoms with Crippen molar-refractivity contribution in [3.63, 3.8) is 0 Å². The van der Waals surface area contributed by atoms with Crippen LogP contribution in [0, 0.1) is 5.82 Å². The van der Waals surface area contributed by atoms with Crippen LogP contribution >= 0.6 is 0 Å². The molecule has 0 radical (unpaired) electrons. The van der Waals surface area contributed by atoms with Gasteiger partial charge in [0.05, 0.1) is 26.3 Å². The van der Waals surface area contributed by atoms with Crippen molar-refractivity contribution in [1.29, 1.82) is 0 Å². The van der Waals surface area contributed by atoms with Gasteiger partial charge in [0, 0.05) is 5.69 Å². The number of rotatable bonds is 7. The van der Waals surface area contributed by atoms with Gasteiger partial charge >= 0.3 is 0 Å². The van der Waals surface area contributed by atoms with Gasteiger partial charge in [0.15, 0.2) is 0 Å². The predicted octanol–water partition coefficient (Wildman–Crippen LogP) is 4.24. The van der Waals surface area contributed by atoms with Crippen molar-refractivity contribution in [2.45, 2.75) is 6.54 Å². The standard InChI is InChI=1S/C25H21FN2O4/c1-31-20-11-3-16(4-12-20)15-28-24(29)22(17-5-13-21(32-2)14-6-17)23(25(28)30)27-19-9-7-18(26)8-10-19/h3-14,27H,15H2,1-2H3. The van der Waals surface area contributed by atoms with E-state index in [1.54, 1.807) is 62.8 Å². The summed E-state index contributed by atoms with van der Waals surface area (Å²) >= 11 is 0. The van der Waals surface area contributed by atoms with E-state index >= 15 is 0 Å². The van der Waals surface area contributed by atoms with Gasteiger partial charge in [0.25, 0.3) is 11.8 Å². The van der Waals surface area contributed by atoms with Crippen molar-refractivity contribution < 1.29 is 23.5 Å². The lowest BCUT2D eigenvalue weighted by atomic mass is 10.0. The fourth-order valence-electron chi connectivity index (χ4n) is 3.45. The molecular weight excluding hydrogens is 411 g/mol. The number of methoxy groups -OCH3 is 2. The first-order chi connectivity index (χ1) is 15.5. The molecule has 3 aromatic carbocycles. The monoisotopic (exact) mass is 432 g/mol. The first-order valence-corrected chi connectivity index (χ1v) is 9.90. The number of ether oxygens (including phenoxy) is 2. The van der Waals surface area contributed by atoms with Crippen molar-refractivity contribution in [3.8, 4) is 11.5 Å². The van der Waals surface area contributed by atoms with E-state index in [0.717, 1.165) is 5.56 Å². The molecule has 7 heteroatoms. The van der Waals surface area contributed by atoms with Crippen LogP contribution in [0.15, 0.2) is 78.5 Å². The molecule has 0 aromatic heterocycles. The summed E-state index contributed by atoms with van der Waals surface area (Å²) in [7, 11) is 3.12. The SMILES string of the molecule is COc1ccc(CN2C(=O)C(Nc3ccc(F)cc3)=C(c3ccc(OC)cc3)C2=O)cc1. The van der Waals surface area contributed by atoms with Crippen LogP contribution in [0.1, 0.15) is 11.1 Å². The van der Waals surface area contributed by atoms with Gasteiger partial charge in [-0.25, -0.2) is 4.39 Å². The third-order valence-corrected chi connectivity index (χ3v) is 5.16. The zero-order valence-electron chi connectivity index (χ0n) is 17.6. The number of carbonyl (C=O) groups is 2. The van der Waals surface area contributed by atoms with Crippen molar-refractivity contribution in [3.05, 3.63) is 95.4 Å². The Balaban J connectivity index is 1.70. The number of carbonyl (C=O) groups excluding carboxylic acids is 2. The van der Waals surface area contributed by atoms with Gasteiger partial charge in [-0.3, -0.25) is 14.5 Å². The van der Waals surface area contributed by atoms with Crippen molar-refractivity contribution in [2.75, 3.05) is 19.5 Å². The molecule has 1 N–H and O–H groups in total. The summed E-state index contributed by atoms with van der Waals surface area (Å²) in [5, 5.41) is 3.01. The number of amides is 2. The molecule has 1 aliphatic heterocycles. The molecule has 0 aliphatic carbocycles. The molecule has 162 valence electrons. The van der Waals surface area contributed by atoms with Crippen molar-refractivity contribution in [2.24, 2.45) is 0 Å². The van der Waals surface area contributed by atoms with E-state index < -0.39 is 17.6 Å². The minimum atomic E-state index is -0.457. The molecule has 3 aromatic rings. The molecule has 4 rings (SSSR count). The molecule has 2 amide bonds. The molecule has 0 bridgehead atoms. The number of anilines is 1. The summed E-state index contributed by atoms with van der Waals surface area (Å²) in [6.45, 7) is 0.107. The molecule has 0 fully saturated rings. The quantitative estimate of drug-likeness (QED) is 0.566. The average Bonchev–Trinajstić information content (AvgIpc) is 3.05. The average molecular weight is 432 g/mol. The number of hydrogen-bond acceptors (Lipinski definition) is 5. The number of benzene rings is 3. The first-order valence-electron chi connectivity index (χ1n) is 9.90. The lowest BCUT2D eigenvalue weighted by Crippen LogP contribution is -2.32. The van der Waals surface area contributed by atoms with Crippen LogP contribution in [0.25, 0.3) is 5.57 Å². The topological polar surface area (TPSA) is 67.9 Å². The zero-order valence-corrected chi connectivity index (χ0v) is 17.6. The molecule has 0 spiro atoms. The number of nitrogens with one attached hydrogen (secondary N) is 1. The Morgan fingerprint density at radius 2 is 1.34 bits per heavy atom. The minimum absolute atomic E-state index is 0.107. The number of hydrogen-bond donors (Lipinski definition) is 1. The smallest absolute Gasteiger partial charge is 0.278 e. The molecule has 0 saturated heterocycles. The molecule has 1 aliphatic rings. The Morgan fingerprint density at radius 1 is 0.781 bits per heavy atom. The largest absolute Gasteiger partial charge is 0.497 e. The molecule has 0 saturated carbocycles. The minimum Gasteiger partial charge on any atom is -0.497 e. The Hall–Kier alpha value is -4.13. The van der Waals surface area contributed by atoms with E-state index in [9.17, 15) is 14.0 Å². The predicted molar refractivity (Wildman–Crippen MR) is 118 cm³/mol. The second-order valence-electron chi connectivity index (χ2n) is 7.15. The molecule has 0 unspecified atom stereocenters. The van der Waals surface area contributed by atoms with Gasteiger partial charge in [0.2, 0.25) is 0 Å². The molecule has 1 heterocycles.